The van der Waals surface area contributed by atoms with Crippen LogP contribution in [-0.2, 0) is 6.54 Å². The molecular formula is C18H14BrFN2O. The molecule has 0 saturated heterocycles. The zero-order valence-corrected chi connectivity index (χ0v) is 13.8. The first-order chi connectivity index (χ1) is 11.1. The number of benzene rings is 2. The second-order valence-corrected chi connectivity index (χ2v) is 6.06. The van der Waals surface area contributed by atoms with Gasteiger partial charge in [0.1, 0.15) is 5.82 Å². The minimum absolute atomic E-state index is 0.146. The van der Waals surface area contributed by atoms with E-state index < -0.39 is 0 Å². The van der Waals surface area contributed by atoms with Crippen LogP contribution in [0.1, 0.15) is 12.0 Å². The first-order valence-electron chi connectivity index (χ1n) is 7.20. The molecule has 0 bridgehead atoms. The monoisotopic (exact) mass is 372 g/mol. The van der Waals surface area contributed by atoms with Crippen LogP contribution in [0.25, 0.3) is 17.0 Å². The minimum atomic E-state index is -0.389. The lowest BCUT2D eigenvalue weighted by Crippen LogP contribution is -2.20. The van der Waals surface area contributed by atoms with E-state index in [1.807, 2.05) is 36.4 Å². The molecule has 1 heterocycles. The average molecular weight is 373 g/mol. The molecule has 0 aliphatic heterocycles. The Morgan fingerprint density at radius 1 is 1.17 bits per heavy atom. The quantitative estimate of drug-likeness (QED) is 0.680. The van der Waals surface area contributed by atoms with Gasteiger partial charge in [-0.2, -0.15) is 0 Å². The molecule has 2 aromatic carbocycles. The van der Waals surface area contributed by atoms with Crippen LogP contribution in [-0.4, -0.2) is 9.55 Å². The number of aromatic nitrogens is 2. The molecule has 0 N–H and O–H groups in total. The van der Waals surface area contributed by atoms with Crippen LogP contribution in [0.4, 0.5) is 4.39 Å². The zero-order chi connectivity index (χ0) is 16.2. The molecule has 0 unspecified atom stereocenters. The molecule has 0 atom stereocenters. The molecule has 3 rings (SSSR count). The van der Waals surface area contributed by atoms with Crippen molar-refractivity contribution < 1.29 is 4.39 Å². The van der Waals surface area contributed by atoms with Crippen LogP contribution in [0.2, 0.25) is 0 Å². The zero-order valence-electron chi connectivity index (χ0n) is 12.2. The summed E-state index contributed by atoms with van der Waals surface area (Å²) in [4.78, 5) is 16.5. The van der Waals surface area contributed by atoms with Crippen molar-refractivity contribution in [3.05, 3.63) is 81.1 Å². The highest BCUT2D eigenvalue weighted by Gasteiger charge is 2.04. The molecule has 0 radical (unpaired) electrons. The summed E-state index contributed by atoms with van der Waals surface area (Å²) >= 11 is 3.40. The first kappa shape index (κ1) is 15.6. The summed E-state index contributed by atoms with van der Waals surface area (Å²) in [6.07, 6.45) is 6.22. The Balaban J connectivity index is 1.72. The number of fused-ring (bicyclic) bond motifs is 1. The maximum absolute atomic E-state index is 13.1. The van der Waals surface area contributed by atoms with Crippen LogP contribution >= 0.6 is 15.9 Å². The van der Waals surface area contributed by atoms with E-state index in [1.54, 1.807) is 4.57 Å². The lowest BCUT2D eigenvalue weighted by atomic mass is 10.2. The van der Waals surface area contributed by atoms with E-state index in [1.165, 1.54) is 24.5 Å². The fourth-order valence-corrected chi connectivity index (χ4v) is 2.56. The second-order valence-electron chi connectivity index (χ2n) is 5.15. The van der Waals surface area contributed by atoms with E-state index in [4.69, 9.17) is 0 Å². The van der Waals surface area contributed by atoms with Gasteiger partial charge >= 0.3 is 0 Å². The molecule has 0 aliphatic carbocycles. The molecule has 116 valence electrons. The fraction of sp³-hybridized carbons (Fsp3) is 0.111. The minimum Gasteiger partial charge on any atom is -0.298 e. The van der Waals surface area contributed by atoms with Gasteiger partial charge in [-0.1, -0.05) is 40.2 Å². The Morgan fingerprint density at radius 3 is 2.74 bits per heavy atom. The van der Waals surface area contributed by atoms with Gasteiger partial charge in [-0.15, -0.1) is 0 Å². The Labute approximate surface area is 141 Å². The molecule has 3 aromatic rings. The van der Waals surface area contributed by atoms with Gasteiger partial charge < -0.3 is 0 Å². The van der Waals surface area contributed by atoms with E-state index in [9.17, 15) is 9.18 Å². The second kappa shape index (κ2) is 6.87. The molecular weight excluding hydrogens is 359 g/mol. The smallest absolute Gasteiger partial charge is 0.261 e. The predicted molar refractivity (Wildman–Crippen MR) is 93.8 cm³/mol. The van der Waals surface area contributed by atoms with Crippen LogP contribution in [0.15, 0.2) is 64.1 Å². The van der Waals surface area contributed by atoms with Crippen molar-refractivity contribution in [3.8, 4) is 0 Å². The van der Waals surface area contributed by atoms with Crippen LogP contribution in [0.3, 0.4) is 0 Å². The van der Waals surface area contributed by atoms with Crippen molar-refractivity contribution in [2.75, 3.05) is 0 Å². The molecule has 0 spiro atoms. The molecule has 3 nitrogen and oxygen atoms in total. The number of hydrogen-bond acceptors (Lipinski definition) is 2. The number of hydrogen-bond donors (Lipinski definition) is 0. The van der Waals surface area contributed by atoms with Crippen molar-refractivity contribution in [2.24, 2.45) is 0 Å². The van der Waals surface area contributed by atoms with Crippen molar-refractivity contribution in [2.45, 2.75) is 13.0 Å². The normalized spacial score (nSPS) is 11.4. The van der Waals surface area contributed by atoms with Gasteiger partial charge in [-0.25, -0.2) is 9.37 Å². The Bertz CT molecular complexity index is 916. The Kier molecular flexibility index (Phi) is 4.67. The Morgan fingerprint density at radius 2 is 1.96 bits per heavy atom. The summed E-state index contributed by atoms with van der Waals surface area (Å²) in [6.45, 7) is 0.534. The predicted octanol–water partition coefficient (Wildman–Crippen LogP) is 4.40. The Hall–Kier alpha value is -2.27. The van der Waals surface area contributed by atoms with Gasteiger partial charge in [0, 0.05) is 17.1 Å². The van der Waals surface area contributed by atoms with Crippen LogP contribution in [0, 0.1) is 5.82 Å². The van der Waals surface area contributed by atoms with Crippen LogP contribution < -0.4 is 5.56 Å². The van der Waals surface area contributed by atoms with E-state index in [0.29, 0.717) is 23.9 Å². The van der Waals surface area contributed by atoms with Gasteiger partial charge in [0.05, 0.1) is 17.2 Å². The number of allylic oxidation sites excluding steroid dienone is 1. The van der Waals surface area contributed by atoms with Crippen molar-refractivity contribution in [1.82, 2.24) is 9.55 Å². The summed E-state index contributed by atoms with van der Waals surface area (Å²) < 4.78 is 15.7. The van der Waals surface area contributed by atoms with Crippen LogP contribution in [0.5, 0.6) is 0 Å². The summed E-state index contributed by atoms with van der Waals surface area (Å²) in [7, 11) is 0. The highest BCUT2D eigenvalue weighted by Crippen LogP contribution is 2.12. The van der Waals surface area contributed by atoms with Gasteiger partial charge in [0.25, 0.3) is 5.56 Å². The molecule has 23 heavy (non-hydrogen) atoms. The number of nitrogens with zero attached hydrogens (tertiary/aromatic N) is 2. The fourth-order valence-electron chi connectivity index (χ4n) is 2.30. The van der Waals surface area contributed by atoms with Gasteiger partial charge in [-0.05, 0) is 36.2 Å². The molecule has 5 heteroatoms. The maximum atomic E-state index is 13.1. The van der Waals surface area contributed by atoms with Crippen molar-refractivity contribution in [1.29, 1.82) is 0 Å². The summed E-state index contributed by atoms with van der Waals surface area (Å²) in [5.41, 5.74) is 1.34. The first-order valence-corrected chi connectivity index (χ1v) is 7.99. The summed E-state index contributed by atoms with van der Waals surface area (Å²) in [6, 6.07) is 12.0. The van der Waals surface area contributed by atoms with Gasteiger partial charge in [0.2, 0.25) is 0 Å². The van der Waals surface area contributed by atoms with E-state index in [-0.39, 0.29) is 11.4 Å². The lowest BCUT2D eigenvalue weighted by Gasteiger charge is -2.04. The van der Waals surface area contributed by atoms with E-state index in [2.05, 4.69) is 20.9 Å². The van der Waals surface area contributed by atoms with Crippen molar-refractivity contribution >= 4 is 32.9 Å². The summed E-state index contributed by atoms with van der Waals surface area (Å²) in [5.74, 6) is -0.389. The molecule has 0 saturated carbocycles. The number of aryl methyl sites for hydroxylation is 1. The van der Waals surface area contributed by atoms with Gasteiger partial charge in [0.15, 0.2) is 0 Å². The SMILES string of the molecule is O=c1c2ccc(F)cc2ncn1CC/C=C/c1ccc(Br)cc1. The third-order valence-electron chi connectivity index (χ3n) is 3.50. The third kappa shape index (κ3) is 3.74. The average Bonchev–Trinajstić information content (AvgIpc) is 2.55. The highest BCUT2D eigenvalue weighted by atomic mass is 79.9. The van der Waals surface area contributed by atoms with E-state index in [0.717, 1.165) is 10.0 Å². The topological polar surface area (TPSA) is 34.9 Å². The highest BCUT2D eigenvalue weighted by molar-refractivity contribution is 9.10. The third-order valence-corrected chi connectivity index (χ3v) is 4.03. The molecule has 1 aromatic heterocycles. The number of rotatable bonds is 4. The summed E-state index contributed by atoms with van der Waals surface area (Å²) in [5, 5.41) is 0.436. The molecule has 0 aliphatic rings. The largest absolute Gasteiger partial charge is 0.298 e. The standard InChI is InChI=1S/C18H14BrFN2O/c19-14-6-4-13(5-7-14)3-1-2-10-22-12-21-17-11-15(20)8-9-16(17)18(22)23/h1,3-9,11-12H,2,10H2/b3-1+. The molecule has 0 fully saturated rings. The maximum Gasteiger partial charge on any atom is 0.261 e. The van der Waals surface area contributed by atoms with E-state index >= 15 is 0 Å². The molecule has 0 amide bonds. The lowest BCUT2D eigenvalue weighted by molar-refractivity contribution is 0.628. The van der Waals surface area contributed by atoms with Crippen molar-refractivity contribution in [3.63, 3.8) is 0 Å². The number of halogens is 2. The van der Waals surface area contributed by atoms with Gasteiger partial charge in [-0.3, -0.25) is 9.36 Å².